The van der Waals surface area contributed by atoms with E-state index in [0.29, 0.717) is 0 Å². The molecule has 0 unspecified atom stereocenters. The van der Waals surface area contributed by atoms with Crippen molar-refractivity contribution < 1.29 is 18.3 Å². The summed E-state index contributed by atoms with van der Waals surface area (Å²) in [5.41, 5.74) is 4.59. The van der Waals surface area contributed by atoms with Gasteiger partial charge in [-0.05, 0) is 6.92 Å². The fourth-order valence-corrected chi connectivity index (χ4v) is 1.02. The second kappa shape index (κ2) is 4.13. The van der Waals surface area contributed by atoms with Crippen LogP contribution in [-0.4, -0.2) is 13.7 Å². The Hall–Kier alpha value is -1.52. The van der Waals surface area contributed by atoms with Gasteiger partial charge in [0.05, 0.1) is 13.7 Å². The third-order valence-corrected chi connectivity index (χ3v) is 1.69. The molecular formula is C9H11F2NO2. The fraction of sp³-hybridized carbons (Fsp3) is 0.333. The van der Waals surface area contributed by atoms with E-state index in [1.807, 2.05) is 0 Å². The Balaban J connectivity index is 3.25. The number of hydrogen-bond donors (Lipinski definition) is 1. The lowest BCUT2D eigenvalue weighted by molar-refractivity contribution is 0.314. The van der Waals surface area contributed by atoms with Crippen LogP contribution in [0.25, 0.3) is 0 Å². The Morgan fingerprint density at radius 1 is 1.29 bits per heavy atom. The largest absolute Gasteiger partial charge is 0.493 e. The minimum Gasteiger partial charge on any atom is -0.493 e. The molecule has 5 heteroatoms. The molecule has 0 aliphatic rings. The Labute approximate surface area is 80.4 Å². The molecule has 0 saturated carbocycles. The molecular weight excluding hydrogens is 192 g/mol. The summed E-state index contributed by atoms with van der Waals surface area (Å²) in [4.78, 5) is 0. The molecule has 0 bridgehead atoms. The van der Waals surface area contributed by atoms with E-state index in [0.717, 1.165) is 6.07 Å². The van der Waals surface area contributed by atoms with Crippen LogP contribution in [0.15, 0.2) is 6.07 Å². The van der Waals surface area contributed by atoms with Crippen LogP contribution < -0.4 is 15.2 Å². The number of methoxy groups -OCH3 is 1. The van der Waals surface area contributed by atoms with Crippen molar-refractivity contribution >= 4 is 5.69 Å². The summed E-state index contributed by atoms with van der Waals surface area (Å²) in [5.74, 6) is -2.05. The van der Waals surface area contributed by atoms with E-state index in [9.17, 15) is 8.78 Å². The molecule has 0 aliphatic heterocycles. The zero-order valence-corrected chi connectivity index (χ0v) is 7.93. The monoisotopic (exact) mass is 203 g/mol. The lowest BCUT2D eigenvalue weighted by Crippen LogP contribution is -2.03. The summed E-state index contributed by atoms with van der Waals surface area (Å²) in [6.07, 6.45) is 0. The van der Waals surface area contributed by atoms with Crippen LogP contribution in [0.4, 0.5) is 14.5 Å². The molecule has 78 valence electrons. The van der Waals surface area contributed by atoms with E-state index < -0.39 is 17.3 Å². The molecule has 0 aliphatic carbocycles. The van der Waals surface area contributed by atoms with Crippen LogP contribution in [0.1, 0.15) is 6.92 Å². The van der Waals surface area contributed by atoms with Gasteiger partial charge in [-0.15, -0.1) is 0 Å². The number of rotatable bonds is 3. The summed E-state index contributed by atoms with van der Waals surface area (Å²) in [6.45, 7) is 1.95. The lowest BCUT2D eigenvalue weighted by atomic mass is 10.2. The summed E-state index contributed by atoms with van der Waals surface area (Å²) in [5, 5.41) is 0. The summed E-state index contributed by atoms with van der Waals surface area (Å²) in [7, 11) is 1.27. The number of nitrogens with two attached hydrogens (primary N) is 1. The topological polar surface area (TPSA) is 44.5 Å². The predicted octanol–water partition coefficient (Wildman–Crippen LogP) is 1.95. The van der Waals surface area contributed by atoms with Gasteiger partial charge in [0.1, 0.15) is 5.69 Å². The average molecular weight is 203 g/mol. The van der Waals surface area contributed by atoms with Gasteiger partial charge in [-0.25, -0.2) is 8.78 Å². The van der Waals surface area contributed by atoms with Crippen LogP contribution in [0.5, 0.6) is 11.5 Å². The maximum Gasteiger partial charge on any atom is 0.191 e. The third-order valence-electron chi connectivity index (χ3n) is 1.69. The van der Waals surface area contributed by atoms with Crippen molar-refractivity contribution in [2.75, 3.05) is 19.5 Å². The Kier molecular flexibility index (Phi) is 3.11. The van der Waals surface area contributed by atoms with E-state index in [1.165, 1.54) is 7.11 Å². The second-order valence-corrected chi connectivity index (χ2v) is 2.55. The minimum absolute atomic E-state index is 0.108. The molecule has 1 aromatic rings. The molecule has 14 heavy (non-hydrogen) atoms. The van der Waals surface area contributed by atoms with Gasteiger partial charge in [0.2, 0.25) is 0 Å². The molecule has 0 atom stereocenters. The van der Waals surface area contributed by atoms with Crippen molar-refractivity contribution in [1.29, 1.82) is 0 Å². The maximum atomic E-state index is 13.2. The third kappa shape index (κ3) is 1.71. The van der Waals surface area contributed by atoms with Crippen molar-refractivity contribution in [2.45, 2.75) is 6.92 Å². The van der Waals surface area contributed by atoms with Gasteiger partial charge in [-0.2, -0.15) is 0 Å². The van der Waals surface area contributed by atoms with Crippen molar-refractivity contribution in [3.05, 3.63) is 17.7 Å². The average Bonchev–Trinajstić information content (AvgIpc) is 2.19. The molecule has 0 aromatic heterocycles. The van der Waals surface area contributed by atoms with Gasteiger partial charge < -0.3 is 15.2 Å². The first-order valence-corrected chi connectivity index (χ1v) is 4.06. The molecule has 0 saturated heterocycles. The molecule has 0 radical (unpaired) electrons. The maximum absolute atomic E-state index is 13.2. The van der Waals surface area contributed by atoms with Crippen LogP contribution >= 0.6 is 0 Å². The SMILES string of the molecule is CCOc1cc(OC)c(F)c(N)c1F. The Bertz CT molecular complexity index is 342. The standard InChI is InChI=1S/C9H11F2NO2/c1-3-14-6-4-5(13-2)7(10)9(12)8(6)11/h4H,3,12H2,1-2H3. The summed E-state index contributed by atoms with van der Waals surface area (Å²) < 4.78 is 35.9. The van der Waals surface area contributed by atoms with E-state index in [2.05, 4.69) is 4.74 Å². The number of ether oxygens (including phenoxy) is 2. The van der Waals surface area contributed by atoms with E-state index in [4.69, 9.17) is 10.5 Å². The second-order valence-electron chi connectivity index (χ2n) is 2.55. The molecule has 3 nitrogen and oxygen atoms in total. The highest BCUT2D eigenvalue weighted by atomic mass is 19.1. The lowest BCUT2D eigenvalue weighted by Gasteiger charge is -2.10. The van der Waals surface area contributed by atoms with Gasteiger partial charge in [0, 0.05) is 6.07 Å². The number of benzene rings is 1. The molecule has 2 N–H and O–H groups in total. The highest BCUT2D eigenvalue weighted by Gasteiger charge is 2.17. The predicted molar refractivity (Wildman–Crippen MR) is 48.5 cm³/mol. The molecule has 0 heterocycles. The smallest absolute Gasteiger partial charge is 0.191 e. The van der Waals surface area contributed by atoms with Crippen molar-refractivity contribution in [3.8, 4) is 11.5 Å². The first-order valence-electron chi connectivity index (χ1n) is 4.06. The summed E-state index contributed by atoms with van der Waals surface area (Å²) in [6, 6.07) is 1.13. The van der Waals surface area contributed by atoms with E-state index in [-0.39, 0.29) is 18.1 Å². The fourth-order valence-electron chi connectivity index (χ4n) is 1.02. The Morgan fingerprint density at radius 2 is 1.86 bits per heavy atom. The van der Waals surface area contributed by atoms with Gasteiger partial charge in [0.15, 0.2) is 23.1 Å². The number of anilines is 1. The normalized spacial score (nSPS) is 10.0. The van der Waals surface area contributed by atoms with Crippen molar-refractivity contribution in [2.24, 2.45) is 0 Å². The van der Waals surface area contributed by atoms with E-state index in [1.54, 1.807) is 6.92 Å². The van der Waals surface area contributed by atoms with Gasteiger partial charge in [0.25, 0.3) is 0 Å². The van der Waals surface area contributed by atoms with E-state index >= 15 is 0 Å². The molecule has 0 amide bonds. The van der Waals surface area contributed by atoms with Crippen molar-refractivity contribution in [3.63, 3.8) is 0 Å². The highest BCUT2D eigenvalue weighted by Crippen LogP contribution is 2.32. The molecule has 1 aromatic carbocycles. The van der Waals surface area contributed by atoms with Gasteiger partial charge in [-0.3, -0.25) is 0 Å². The number of nitrogen functional groups attached to an aromatic ring is 1. The highest BCUT2D eigenvalue weighted by molar-refractivity contribution is 5.53. The number of halogens is 2. The van der Waals surface area contributed by atoms with Gasteiger partial charge >= 0.3 is 0 Å². The quantitative estimate of drug-likeness (QED) is 0.763. The molecule has 0 spiro atoms. The molecule has 1 rings (SSSR count). The molecule has 0 fully saturated rings. The van der Waals surface area contributed by atoms with Crippen LogP contribution in [-0.2, 0) is 0 Å². The summed E-state index contributed by atoms with van der Waals surface area (Å²) >= 11 is 0. The number of hydrogen-bond acceptors (Lipinski definition) is 3. The first-order chi connectivity index (χ1) is 6.61. The first kappa shape index (κ1) is 10.6. The van der Waals surface area contributed by atoms with Crippen molar-refractivity contribution in [1.82, 2.24) is 0 Å². The zero-order valence-electron chi connectivity index (χ0n) is 7.93. The minimum atomic E-state index is -0.909. The zero-order chi connectivity index (χ0) is 10.7. The Morgan fingerprint density at radius 3 is 2.36 bits per heavy atom. The van der Waals surface area contributed by atoms with Gasteiger partial charge in [-0.1, -0.05) is 0 Å². The van der Waals surface area contributed by atoms with Crippen LogP contribution in [0.2, 0.25) is 0 Å². The van der Waals surface area contributed by atoms with Crippen LogP contribution in [0.3, 0.4) is 0 Å². The van der Waals surface area contributed by atoms with Crippen LogP contribution in [0, 0.1) is 11.6 Å².